The van der Waals surface area contributed by atoms with E-state index in [2.05, 4.69) is 13.1 Å². The Morgan fingerprint density at radius 1 is 1.24 bits per heavy atom. The Morgan fingerprint density at radius 2 is 1.82 bits per heavy atom. The highest BCUT2D eigenvalue weighted by Crippen LogP contribution is 2.21. The summed E-state index contributed by atoms with van der Waals surface area (Å²) in [7, 11) is -1.17. The topological polar surface area (TPSA) is 43.4 Å². The molecule has 0 radical (unpaired) electrons. The van der Waals surface area contributed by atoms with Crippen molar-refractivity contribution in [3.8, 4) is 0 Å². The lowest BCUT2D eigenvalue weighted by molar-refractivity contribution is -0.147. The van der Waals surface area contributed by atoms with Gasteiger partial charge in [0.15, 0.2) is 0 Å². The highest BCUT2D eigenvalue weighted by Gasteiger charge is 2.21. The average Bonchev–Trinajstić information content (AvgIpc) is 2.25. The predicted octanol–water partition coefficient (Wildman–Crippen LogP) is 2.28. The monoisotopic (exact) mass is 250 g/mol. The molecule has 0 fully saturated rings. The van der Waals surface area contributed by atoms with Gasteiger partial charge in [-0.25, -0.2) is 0 Å². The van der Waals surface area contributed by atoms with Crippen LogP contribution in [0.25, 0.3) is 0 Å². The van der Waals surface area contributed by atoms with Crippen LogP contribution in [0, 0.1) is 0 Å². The van der Waals surface area contributed by atoms with Gasteiger partial charge in [-0.05, 0) is 12.5 Å². The van der Waals surface area contributed by atoms with Crippen molar-refractivity contribution in [2.24, 2.45) is 0 Å². The maximum atomic E-state index is 11.5. The fourth-order valence-corrected chi connectivity index (χ4v) is 3.03. The molecule has 0 saturated carbocycles. The van der Waals surface area contributed by atoms with Crippen LogP contribution >= 0.6 is 0 Å². The first-order valence-electron chi connectivity index (χ1n) is 5.74. The van der Waals surface area contributed by atoms with Gasteiger partial charge in [0.1, 0.15) is 17.9 Å². The zero-order valence-electron chi connectivity index (χ0n) is 10.5. The summed E-state index contributed by atoms with van der Waals surface area (Å²) in [4.78, 5) is 22.4. The van der Waals surface area contributed by atoms with Crippen molar-refractivity contribution in [1.82, 2.24) is 0 Å². The number of benzene rings is 1. The summed E-state index contributed by atoms with van der Waals surface area (Å²) >= 11 is 0. The summed E-state index contributed by atoms with van der Waals surface area (Å²) in [6, 6.07) is 9.70. The van der Waals surface area contributed by atoms with Crippen molar-refractivity contribution in [1.29, 1.82) is 0 Å². The summed E-state index contributed by atoms with van der Waals surface area (Å²) in [6.07, 6.45) is -0.134. The lowest BCUT2D eigenvalue weighted by Crippen LogP contribution is -2.23. The number of ether oxygens (including phenoxy) is 1. The molecule has 92 valence electrons. The first-order chi connectivity index (χ1) is 8.00. The molecule has 0 aliphatic carbocycles. The van der Waals surface area contributed by atoms with Gasteiger partial charge in [0.25, 0.3) is 0 Å². The van der Waals surface area contributed by atoms with Crippen LogP contribution in [0.15, 0.2) is 30.3 Å². The maximum absolute atomic E-state index is 11.5. The largest absolute Gasteiger partial charge is 0.462 e. The minimum absolute atomic E-state index is 0.134. The Balaban J connectivity index is 2.75. The minimum atomic E-state index is -1.17. The van der Waals surface area contributed by atoms with E-state index in [4.69, 9.17) is 4.74 Å². The molecule has 0 aromatic heterocycles. The summed E-state index contributed by atoms with van der Waals surface area (Å²) in [5, 5.41) is 0. The van der Waals surface area contributed by atoms with Crippen LogP contribution in [0.4, 0.5) is 0 Å². The highest BCUT2D eigenvalue weighted by atomic mass is 28.3. The van der Waals surface area contributed by atoms with Crippen molar-refractivity contribution >= 4 is 20.5 Å². The van der Waals surface area contributed by atoms with E-state index in [1.165, 1.54) is 6.92 Å². The molecule has 0 aliphatic rings. The predicted molar refractivity (Wildman–Crippen MR) is 69.5 cm³/mol. The summed E-state index contributed by atoms with van der Waals surface area (Å²) in [5.41, 5.74) is 0.870. The Labute approximate surface area is 103 Å². The third-order valence-electron chi connectivity index (χ3n) is 2.39. The molecule has 0 N–H and O–H groups in total. The molecule has 0 heterocycles. The number of rotatable bonds is 5. The maximum Gasteiger partial charge on any atom is 0.313 e. The fourth-order valence-electron chi connectivity index (χ4n) is 1.62. The van der Waals surface area contributed by atoms with Crippen molar-refractivity contribution < 1.29 is 14.3 Å². The van der Waals surface area contributed by atoms with Gasteiger partial charge in [-0.3, -0.25) is 9.59 Å². The number of esters is 1. The van der Waals surface area contributed by atoms with Gasteiger partial charge in [0.05, 0.1) is 8.80 Å². The highest BCUT2D eigenvalue weighted by molar-refractivity contribution is 6.57. The van der Waals surface area contributed by atoms with Crippen molar-refractivity contribution in [3.05, 3.63) is 35.9 Å². The lowest BCUT2D eigenvalue weighted by atomic mass is 10.2. The quantitative estimate of drug-likeness (QED) is 0.457. The Hall–Kier alpha value is -1.42. The molecule has 0 bridgehead atoms. The summed E-state index contributed by atoms with van der Waals surface area (Å²) in [6.45, 7) is 5.64. The van der Waals surface area contributed by atoms with Crippen LogP contribution < -0.4 is 0 Å². The second-order valence-electron chi connectivity index (χ2n) is 4.44. The summed E-state index contributed by atoms with van der Waals surface area (Å²) < 4.78 is 5.41. The van der Waals surface area contributed by atoms with Crippen molar-refractivity contribution in [2.45, 2.75) is 32.2 Å². The van der Waals surface area contributed by atoms with Gasteiger partial charge in [-0.1, -0.05) is 43.4 Å². The molecule has 1 unspecified atom stereocenters. The second-order valence-corrected chi connectivity index (χ2v) is 7.54. The molecule has 0 spiro atoms. The number of carbonyl (C=O) groups is 2. The number of ketones is 1. The zero-order chi connectivity index (χ0) is 12.8. The van der Waals surface area contributed by atoms with Gasteiger partial charge in [-0.15, -0.1) is 0 Å². The molecular formula is C13H18O3Si. The molecular weight excluding hydrogens is 232 g/mol. The van der Waals surface area contributed by atoms with Crippen molar-refractivity contribution in [3.63, 3.8) is 0 Å². The molecule has 1 aromatic carbocycles. The lowest BCUT2D eigenvalue weighted by Gasteiger charge is -2.20. The SMILES string of the molecule is CC(=O)CC(=O)OC(c1ccccc1)[SiH](C)C. The molecule has 1 rings (SSSR count). The number of hydrogen-bond donors (Lipinski definition) is 0. The van der Waals surface area contributed by atoms with Crippen LogP contribution in [-0.4, -0.2) is 20.5 Å². The molecule has 4 heteroatoms. The van der Waals surface area contributed by atoms with Crippen LogP contribution in [0.3, 0.4) is 0 Å². The van der Waals surface area contributed by atoms with E-state index < -0.39 is 14.8 Å². The standard InChI is InChI=1S/C13H18O3Si/c1-10(14)9-12(15)16-13(17(2)3)11-7-5-4-6-8-11/h4-8,13,17H,9H2,1-3H3. The van der Waals surface area contributed by atoms with Gasteiger partial charge < -0.3 is 4.74 Å². The number of hydrogen-bond acceptors (Lipinski definition) is 3. The molecule has 3 nitrogen and oxygen atoms in total. The molecule has 0 amide bonds. The molecule has 1 atom stereocenters. The van der Waals surface area contributed by atoms with Crippen LogP contribution in [0.2, 0.25) is 13.1 Å². The second kappa shape index (κ2) is 6.35. The zero-order valence-corrected chi connectivity index (χ0v) is 11.6. The third kappa shape index (κ3) is 4.52. The van der Waals surface area contributed by atoms with Gasteiger partial charge in [-0.2, -0.15) is 0 Å². The number of Topliss-reactive ketones (excluding diaryl/α,β-unsaturated/α-hetero) is 1. The van der Waals surface area contributed by atoms with E-state index in [1.54, 1.807) is 0 Å². The Bertz CT molecular complexity index is 387. The first-order valence-corrected chi connectivity index (χ1v) is 8.72. The summed E-state index contributed by atoms with van der Waals surface area (Å²) in [5.74, 6) is -0.584. The fraction of sp³-hybridized carbons (Fsp3) is 0.385. The Morgan fingerprint density at radius 3 is 2.29 bits per heavy atom. The normalized spacial score (nSPS) is 12.2. The van der Waals surface area contributed by atoms with Gasteiger partial charge in [0, 0.05) is 0 Å². The van der Waals surface area contributed by atoms with Crippen LogP contribution in [-0.2, 0) is 14.3 Å². The molecule has 17 heavy (non-hydrogen) atoms. The first kappa shape index (κ1) is 13.6. The molecule has 0 aliphatic heterocycles. The van der Waals surface area contributed by atoms with Crippen molar-refractivity contribution in [2.75, 3.05) is 0 Å². The third-order valence-corrected chi connectivity index (χ3v) is 4.12. The molecule has 0 saturated heterocycles. The van der Waals surface area contributed by atoms with Gasteiger partial charge in [0.2, 0.25) is 0 Å². The van der Waals surface area contributed by atoms with E-state index in [1.807, 2.05) is 30.3 Å². The van der Waals surface area contributed by atoms with Gasteiger partial charge >= 0.3 is 5.97 Å². The molecule has 1 aromatic rings. The van der Waals surface area contributed by atoms with E-state index in [0.717, 1.165) is 5.56 Å². The Kier molecular flexibility index (Phi) is 5.09. The van der Waals surface area contributed by atoms with E-state index in [0.29, 0.717) is 0 Å². The smallest absolute Gasteiger partial charge is 0.313 e. The van der Waals surface area contributed by atoms with Crippen LogP contribution in [0.5, 0.6) is 0 Å². The van der Waals surface area contributed by atoms with E-state index in [-0.39, 0.29) is 17.9 Å². The van der Waals surface area contributed by atoms with Crippen LogP contribution in [0.1, 0.15) is 24.6 Å². The number of carbonyl (C=O) groups excluding carboxylic acids is 2. The minimum Gasteiger partial charge on any atom is -0.462 e. The average molecular weight is 250 g/mol. The van der Waals surface area contributed by atoms with E-state index >= 15 is 0 Å². The van der Waals surface area contributed by atoms with E-state index in [9.17, 15) is 9.59 Å².